The van der Waals surface area contributed by atoms with Crippen LogP contribution in [0.5, 0.6) is 5.75 Å². The quantitative estimate of drug-likeness (QED) is 0.489. The minimum atomic E-state index is -0.466. The number of unbranched alkanes of at least 4 members (excludes halogenated alkanes) is 1. The van der Waals surface area contributed by atoms with Crippen LogP contribution in [0.15, 0.2) is 17.1 Å². The molecule has 0 aromatic heterocycles. The molecule has 0 spiro atoms. The molecule has 5 nitrogen and oxygen atoms in total. The fourth-order valence-electron chi connectivity index (χ4n) is 2.88. The molecule has 7 heteroatoms. The molecule has 3 rings (SSSR count). The zero-order valence-corrected chi connectivity index (χ0v) is 16.3. The van der Waals surface area contributed by atoms with E-state index in [9.17, 15) is 9.59 Å². The molecule has 0 radical (unpaired) electrons. The number of halogens is 2. The lowest BCUT2D eigenvalue weighted by atomic mass is 10.0. The first-order valence-corrected chi connectivity index (χ1v) is 9.61. The standard InChI is InChI=1S/C19H21Cl2NO4/c1-3-5-8-26-18-12-9-14(20)15(21)17(23)13(12)10-22(11-6-7-11)16(18)19(24)25-4-2/h9-11H,3-8H2,1-2H3. The van der Waals surface area contributed by atoms with Gasteiger partial charge in [-0.25, -0.2) is 4.79 Å². The minimum Gasteiger partial charge on any atom is -0.490 e. The van der Waals surface area contributed by atoms with E-state index in [-0.39, 0.29) is 28.1 Å². The molecule has 3 aliphatic rings. The maximum Gasteiger partial charge on any atom is 0.358 e. The summed E-state index contributed by atoms with van der Waals surface area (Å²) in [5.74, 6) is -0.122. The Morgan fingerprint density at radius 1 is 1.27 bits per heavy atom. The van der Waals surface area contributed by atoms with Gasteiger partial charge in [0.2, 0.25) is 5.43 Å². The van der Waals surface area contributed by atoms with Crippen molar-refractivity contribution >= 4 is 29.2 Å². The van der Waals surface area contributed by atoms with E-state index >= 15 is 0 Å². The van der Waals surface area contributed by atoms with Gasteiger partial charge in [0.1, 0.15) is 5.02 Å². The van der Waals surface area contributed by atoms with Crippen LogP contribution >= 0.6 is 23.2 Å². The van der Waals surface area contributed by atoms with E-state index in [2.05, 4.69) is 6.92 Å². The van der Waals surface area contributed by atoms with Crippen LogP contribution in [0.1, 0.15) is 56.1 Å². The molecule has 26 heavy (non-hydrogen) atoms. The molecule has 140 valence electrons. The van der Waals surface area contributed by atoms with Crippen LogP contribution in [0.2, 0.25) is 10.0 Å². The van der Waals surface area contributed by atoms with Crippen molar-refractivity contribution in [3.05, 3.63) is 38.2 Å². The Bertz CT molecular complexity index is 858. The number of ether oxygens (including phenoxy) is 2. The maximum absolute atomic E-state index is 12.7. The third kappa shape index (κ3) is 3.55. The van der Waals surface area contributed by atoms with Crippen molar-refractivity contribution in [2.24, 2.45) is 0 Å². The van der Waals surface area contributed by atoms with Crippen molar-refractivity contribution in [1.82, 2.24) is 4.57 Å². The van der Waals surface area contributed by atoms with Gasteiger partial charge in [-0.05, 0) is 32.3 Å². The molecular weight excluding hydrogens is 377 g/mol. The number of carbonyl (C=O) groups is 1. The second kappa shape index (κ2) is 7.89. The van der Waals surface area contributed by atoms with Crippen LogP contribution in [0.3, 0.4) is 0 Å². The lowest BCUT2D eigenvalue weighted by Crippen LogP contribution is -2.21. The largest absolute Gasteiger partial charge is 0.490 e. The number of hydrogen-bond donors (Lipinski definition) is 0. The summed E-state index contributed by atoms with van der Waals surface area (Å²) in [6.07, 6.45) is 5.32. The maximum atomic E-state index is 12.7. The second-order valence-corrected chi connectivity index (χ2v) is 7.12. The van der Waals surface area contributed by atoms with Gasteiger partial charge in [-0.15, -0.1) is 0 Å². The van der Waals surface area contributed by atoms with Gasteiger partial charge in [-0.2, -0.15) is 0 Å². The molecule has 0 amide bonds. The average Bonchev–Trinajstić information content (AvgIpc) is 3.45. The zero-order chi connectivity index (χ0) is 18.8. The fourth-order valence-corrected chi connectivity index (χ4v) is 3.24. The normalized spacial score (nSPS) is 13.8. The highest BCUT2D eigenvalue weighted by Gasteiger charge is 2.33. The van der Waals surface area contributed by atoms with Gasteiger partial charge in [-0.1, -0.05) is 36.5 Å². The minimum absolute atomic E-state index is 0.0232. The van der Waals surface area contributed by atoms with Gasteiger partial charge in [0.05, 0.1) is 23.8 Å². The summed E-state index contributed by atoms with van der Waals surface area (Å²) in [4.78, 5) is 25.3. The highest BCUT2D eigenvalue weighted by atomic mass is 35.5. The molecule has 0 atom stereocenters. The molecule has 0 aromatic carbocycles. The van der Waals surface area contributed by atoms with Crippen LogP contribution < -0.4 is 10.2 Å². The Balaban J connectivity index is 2.28. The monoisotopic (exact) mass is 397 g/mol. The number of rotatable bonds is 7. The van der Waals surface area contributed by atoms with Gasteiger partial charge in [0, 0.05) is 17.8 Å². The molecule has 1 fully saturated rings. The molecule has 0 unspecified atom stereocenters. The van der Waals surface area contributed by atoms with E-state index in [4.69, 9.17) is 32.7 Å². The topological polar surface area (TPSA) is 57.5 Å². The first-order valence-electron chi connectivity index (χ1n) is 8.86. The summed E-state index contributed by atoms with van der Waals surface area (Å²) in [5.41, 5.74) is 0.848. The first-order chi connectivity index (χ1) is 12.5. The SMILES string of the molecule is CCCCOc1c2cc(Cl)c(Cl)c(=O)c-2cn(C2CC2)c1C(=O)OCC. The smallest absolute Gasteiger partial charge is 0.358 e. The van der Waals surface area contributed by atoms with E-state index < -0.39 is 5.97 Å². The lowest BCUT2D eigenvalue weighted by molar-refractivity contribution is 0.0506. The van der Waals surface area contributed by atoms with Crippen molar-refractivity contribution in [2.45, 2.75) is 45.6 Å². The Morgan fingerprint density at radius 3 is 2.62 bits per heavy atom. The van der Waals surface area contributed by atoms with Crippen LogP contribution in [0.4, 0.5) is 0 Å². The second-order valence-electron chi connectivity index (χ2n) is 6.33. The highest BCUT2D eigenvalue weighted by molar-refractivity contribution is 6.42. The molecule has 0 saturated heterocycles. The lowest BCUT2D eigenvalue weighted by Gasteiger charge is -2.22. The summed E-state index contributed by atoms with van der Waals surface area (Å²) >= 11 is 12.2. The van der Waals surface area contributed by atoms with Gasteiger partial charge in [0.15, 0.2) is 11.4 Å². The molecule has 2 aliphatic carbocycles. The molecular formula is C19H21Cl2NO4. The van der Waals surface area contributed by atoms with Gasteiger partial charge < -0.3 is 14.0 Å². The average molecular weight is 398 g/mol. The fraction of sp³-hybridized carbons (Fsp3) is 0.474. The molecule has 0 bridgehead atoms. The molecule has 1 saturated carbocycles. The number of benzene rings is 1. The van der Waals surface area contributed by atoms with Gasteiger partial charge in [0.25, 0.3) is 0 Å². The van der Waals surface area contributed by atoms with E-state index in [0.29, 0.717) is 29.2 Å². The number of carbonyl (C=O) groups excluding carboxylic acids is 1. The Labute approximate surface area is 162 Å². The zero-order valence-electron chi connectivity index (χ0n) is 14.8. The van der Waals surface area contributed by atoms with Crippen LogP contribution in [-0.2, 0) is 4.74 Å². The predicted octanol–water partition coefficient (Wildman–Crippen LogP) is 4.95. The van der Waals surface area contributed by atoms with Crippen LogP contribution in [0.25, 0.3) is 11.1 Å². The number of pyridine rings is 1. The van der Waals surface area contributed by atoms with E-state index in [0.717, 1.165) is 25.7 Å². The number of hydrogen-bond acceptors (Lipinski definition) is 4. The third-order valence-electron chi connectivity index (χ3n) is 4.35. The summed E-state index contributed by atoms with van der Waals surface area (Å²) in [5, 5.41) is 0.119. The van der Waals surface area contributed by atoms with Gasteiger partial charge in [-0.3, -0.25) is 4.79 Å². The predicted molar refractivity (Wildman–Crippen MR) is 102 cm³/mol. The van der Waals surface area contributed by atoms with E-state index in [1.165, 1.54) is 0 Å². The number of fused-ring (bicyclic) bond motifs is 1. The molecule has 0 N–H and O–H groups in total. The summed E-state index contributed by atoms with van der Waals surface area (Å²) in [7, 11) is 0. The summed E-state index contributed by atoms with van der Waals surface area (Å²) < 4.78 is 13.0. The van der Waals surface area contributed by atoms with Crippen molar-refractivity contribution in [2.75, 3.05) is 13.2 Å². The summed E-state index contributed by atoms with van der Waals surface area (Å²) in [6.45, 7) is 4.49. The Kier molecular flexibility index (Phi) is 5.78. The number of esters is 1. The van der Waals surface area contributed by atoms with Crippen LogP contribution in [0, 0.1) is 0 Å². The van der Waals surface area contributed by atoms with E-state index in [1.54, 1.807) is 23.8 Å². The summed E-state index contributed by atoms with van der Waals surface area (Å²) in [6, 6.07) is 1.74. The van der Waals surface area contributed by atoms with Crippen molar-refractivity contribution in [1.29, 1.82) is 0 Å². The van der Waals surface area contributed by atoms with Crippen LogP contribution in [-0.4, -0.2) is 23.8 Å². The molecule has 1 aliphatic heterocycles. The number of aromatic nitrogens is 1. The van der Waals surface area contributed by atoms with Crippen molar-refractivity contribution in [3.63, 3.8) is 0 Å². The Hall–Kier alpha value is -1.72. The molecule has 1 heterocycles. The Morgan fingerprint density at radius 2 is 2.00 bits per heavy atom. The third-order valence-corrected chi connectivity index (χ3v) is 5.12. The number of nitrogens with zero attached hydrogens (tertiary/aromatic N) is 1. The van der Waals surface area contributed by atoms with Crippen molar-refractivity contribution < 1.29 is 14.3 Å². The van der Waals surface area contributed by atoms with Crippen molar-refractivity contribution in [3.8, 4) is 16.9 Å². The molecule has 0 aromatic rings. The highest BCUT2D eigenvalue weighted by Crippen LogP contribution is 2.43. The van der Waals surface area contributed by atoms with E-state index in [1.807, 2.05) is 0 Å². The first kappa shape index (κ1) is 19.1. The van der Waals surface area contributed by atoms with Gasteiger partial charge >= 0.3 is 5.97 Å².